The molecule has 0 amide bonds. The van der Waals surface area contributed by atoms with Gasteiger partial charge in [-0.1, -0.05) is 24.6 Å². The van der Waals surface area contributed by atoms with Crippen molar-refractivity contribution in [3.05, 3.63) is 34.3 Å². The first kappa shape index (κ1) is 13.9. The van der Waals surface area contributed by atoms with Crippen LogP contribution in [0.15, 0.2) is 18.2 Å². The maximum atomic E-state index is 6.04. The molecule has 1 aliphatic rings. The van der Waals surface area contributed by atoms with Gasteiger partial charge in [-0.2, -0.15) is 0 Å². The molecule has 3 heteroatoms. The molecule has 0 aromatic heterocycles. The van der Waals surface area contributed by atoms with Gasteiger partial charge in [-0.25, -0.2) is 0 Å². The van der Waals surface area contributed by atoms with Crippen molar-refractivity contribution in [3.8, 4) is 0 Å². The molecule has 2 atom stereocenters. The summed E-state index contributed by atoms with van der Waals surface area (Å²) in [5, 5.41) is 4.42. The molecule has 2 nitrogen and oxygen atoms in total. The van der Waals surface area contributed by atoms with Crippen LogP contribution in [0.4, 0.5) is 0 Å². The van der Waals surface area contributed by atoms with E-state index in [0.29, 0.717) is 12.0 Å². The zero-order chi connectivity index (χ0) is 13.0. The van der Waals surface area contributed by atoms with E-state index in [4.69, 9.17) is 16.3 Å². The average Bonchev–Trinajstić information content (AvgIpc) is 2.38. The summed E-state index contributed by atoms with van der Waals surface area (Å²) < 4.78 is 5.63. The fourth-order valence-electron chi connectivity index (χ4n) is 2.77. The maximum Gasteiger partial charge on any atom is 0.0512 e. The van der Waals surface area contributed by atoms with Gasteiger partial charge in [-0.3, -0.25) is 0 Å². The Morgan fingerprint density at radius 2 is 2.33 bits per heavy atom. The number of nitrogens with one attached hydrogen (secondary N) is 1. The minimum absolute atomic E-state index is 0.382. The quantitative estimate of drug-likeness (QED) is 0.898. The summed E-state index contributed by atoms with van der Waals surface area (Å²) >= 11 is 6.04. The largest absolute Gasteiger partial charge is 0.381 e. The van der Waals surface area contributed by atoms with Crippen molar-refractivity contribution in [1.82, 2.24) is 5.32 Å². The van der Waals surface area contributed by atoms with Crippen LogP contribution >= 0.6 is 11.6 Å². The summed E-state index contributed by atoms with van der Waals surface area (Å²) in [7, 11) is 0. The molecule has 18 heavy (non-hydrogen) atoms. The Labute approximate surface area is 115 Å². The monoisotopic (exact) mass is 267 g/mol. The predicted molar refractivity (Wildman–Crippen MR) is 76.1 cm³/mol. The van der Waals surface area contributed by atoms with Crippen LogP contribution in [0.3, 0.4) is 0 Å². The summed E-state index contributed by atoms with van der Waals surface area (Å²) in [5.41, 5.74) is 2.62. The zero-order valence-corrected chi connectivity index (χ0v) is 12.0. The third-order valence-electron chi connectivity index (χ3n) is 3.66. The lowest BCUT2D eigenvalue weighted by atomic mass is 9.86. The van der Waals surface area contributed by atoms with Crippen molar-refractivity contribution in [1.29, 1.82) is 0 Å². The van der Waals surface area contributed by atoms with Gasteiger partial charge in [0.15, 0.2) is 0 Å². The van der Waals surface area contributed by atoms with Crippen LogP contribution in [0, 0.1) is 12.8 Å². The van der Waals surface area contributed by atoms with E-state index in [9.17, 15) is 0 Å². The van der Waals surface area contributed by atoms with Crippen molar-refractivity contribution in [2.24, 2.45) is 5.92 Å². The number of halogens is 1. The molecule has 0 bridgehead atoms. The van der Waals surface area contributed by atoms with E-state index in [-0.39, 0.29) is 0 Å². The molecule has 1 aromatic carbocycles. The molecule has 100 valence electrons. The molecule has 1 fully saturated rings. The van der Waals surface area contributed by atoms with Crippen LogP contribution in [0.1, 0.15) is 36.9 Å². The van der Waals surface area contributed by atoms with Gasteiger partial charge in [-0.05, 0) is 49.6 Å². The van der Waals surface area contributed by atoms with E-state index in [1.165, 1.54) is 24.0 Å². The summed E-state index contributed by atoms with van der Waals surface area (Å²) in [5.74, 6) is 0.568. The molecule has 1 aliphatic heterocycles. The number of hydrogen-bond acceptors (Lipinski definition) is 2. The second-order valence-corrected chi connectivity index (χ2v) is 5.45. The topological polar surface area (TPSA) is 21.3 Å². The molecule has 1 N–H and O–H groups in total. The van der Waals surface area contributed by atoms with Crippen molar-refractivity contribution in [3.63, 3.8) is 0 Å². The van der Waals surface area contributed by atoms with Gasteiger partial charge in [-0.15, -0.1) is 0 Å². The van der Waals surface area contributed by atoms with E-state index in [1.807, 2.05) is 12.1 Å². The van der Waals surface area contributed by atoms with Gasteiger partial charge in [0.05, 0.1) is 6.61 Å². The molecular weight excluding hydrogens is 246 g/mol. The highest BCUT2D eigenvalue weighted by atomic mass is 35.5. The highest BCUT2D eigenvalue weighted by molar-refractivity contribution is 6.30. The molecule has 1 saturated heterocycles. The average molecular weight is 268 g/mol. The lowest BCUT2D eigenvalue weighted by Crippen LogP contribution is -2.33. The first-order valence-corrected chi connectivity index (χ1v) is 7.17. The first-order valence-electron chi connectivity index (χ1n) is 6.79. The van der Waals surface area contributed by atoms with E-state index < -0.39 is 0 Å². The standard InChI is InChI=1S/C15H22ClNO/c1-3-17-15(12-5-4-8-18-10-12)14-7-6-13(16)9-11(14)2/h6-7,9,12,15,17H,3-5,8,10H2,1-2H3. The molecule has 2 rings (SSSR count). The predicted octanol–water partition coefficient (Wildman–Crippen LogP) is 3.73. The normalized spacial score (nSPS) is 21.8. The fourth-order valence-corrected chi connectivity index (χ4v) is 2.99. The minimum atomic E-state index is 0.382. The SMILES string of the molecule is CCNC(c1ccc(Cl)cc1C)C1CCCOC1. The molecule has 0 saturated carbocycles. The molecular formula is C15H22ClNO. The Morgan fingerprint density at radius 1 is 1.50 bits per heavy atom. The second kappa shape index (κ2) is 6.55. The van der Waals surface area contributed by atoms with Crippen LogP contribution in [0.2, 0.25) is 5.02 Å². The lowest BCUT2D eigenvalue weighted by molar-refractivity contribution is 0.0392. The molecule has 1 heterocycles. The van der Waals surface area contributed by atoms with Crippen LogP contribution in [-0.4, -0.2) is 19.8 Å². The Bertz CT molecular complexity index is 388. The van der Waals surface area contributed by atoms with Crippen LogP contribution in [-0.2, 0) is 4.74 Å². The van der Waals surface area contributed by atoms with Crippen molar-refractivity contribution >= 4 is 11.6 Å². The first-order chi connectivity index (χ1) is 8.72. The number of aryl methyl sites for hydroxylation is 1. The number of rotatable bonds is 4. The van der Waals surface area contributed by atoms with Crippen LogP contribution in [0.25, 0.3) is 0 Å². The number of benzene rings is 1. The maximum absolute atomic E-state index is 6.04. The van der Waals surface area contributed by atoms with Gasteiger partial charge >= 0.3 is 0 Å². The summed E-state index contributed by atoms with van der Waals surface area (Å²) in [4.78, 5) is 0. The summed E-state index contributed by atoms with van der Waals surface area (Å²) in [6.45, 7) is 7.04. The number of ether oxygens (including phenoxy) is 1. The number of hydrogen-bond donors (Lipinski definition) is 1. The Morgan fingerprint density at radius 3 is 2.94 bits per heavy atom. The minimum Gasteiger partial charge on any atom is -0.381 e. The van der Waals surface area contributed by atoms with Crippen LogP contribution in [0.5, 0.6) is 0 Å². The lowest BCUT2D eigenvalue weighted by Gasteiger charge is -2.32. The van der Waals surface area contributed by atoms with E-state index in [2.05, 4.69) is 25.2 Å². The summed E-state index contributed by atoms with van der Waals surface area (Å²) in [6, 6.07) is 6.56. The Hall–Kier alpha value is -0.570. The van der Waals surface area contributed by atoms with Gasteiger partial charge < -0.3 is 10.1 Å². The van der Waals surface area contributed by atoms with Gasteiger partial charge in [0.1, 0.15) is 0 Å². The molecule has 0 aliphatic carbocycles. The van der Waals surface area contributed by atoms with Crippen molar-refractivity contribution in [2.75, 3.05) is 19.8 Å². The molecule has 1 aromatic rings. The van der Waals surface area contributed by atoms with Gasteiger partial charge in [0.25, 0.3) is 0 Å². The van der Waals surface area contributed by atoms with Gasteiger partial charge in [0, 0.05) is 23.6 Å². The van der Waals surface area contributed by atoms with Gasteiger partial charge in [0.2, 0.25) is 0 Å². The van der Waals surface area contributed by atoms with E-state index in [0.717, 1.165) is 24.8 Å². The van der Waals surface area contributed by atoms with Crippen molar-refractivity contribution in [2.45, 2.75) is 32.7 Å². The Kier molecular flexibility index (Phi) is 5.04. The molecule has 0 spiro atoms. The highest BCUT2D eigenvalue weighted by Gasteiger charge is 2.25. The fraction of sp³-hybridized carbons (Fsp3) is 0.600. The van der Waals surface area contributed by atoms with Crippen molar-refractivity contribution < 1.29 is 4.74 Å². The Balaban J connectivity index is 2.22. The summed E-state index contributed by atoms with van der Waals surface area (Å²) in [6.07, 6.45) is 2.40. The smallest absolute Gasteiger partial charge is 0.0512 e. The van der Waals surface area contributed by atoms with E-state index >= 15 is 0 Å². The molecule has 2 unspecified atom stereocenters. The molecule has 0 radical (unpaired) electrons. The highest BCUT2D eigenvalue weighted by Crippen LogP contribution is 2.31. The van der Waals surface area contributed by atoms with E-state index in [1.54, 1.807) is 0 Å². The van der Waals surface area contributed by atoms with Crippen LogP contribution < -0.4 is 5.32 Å². The second-order valence-electron chi connectivity index (χ2n) is 5.01. The third kappa shape index (κ3) is 3.25. The zero-order valence-electron chi connectivity index (χ0n) is 11.2. The third-order valence-corrected chi connectivity index (χ3v) is 3.89.